The third-order valence-corrected chi connectivity index (χ3v) is 4.16. The zero-order chi connectivity index (χ0) is 17.8. The van der Waals surface area contributed by atoms with Gasteiger partial charge in [0.15, 0.2) is 11.6 Å². The van der Waals surface area contributed by atoms with Crippen molar-refractivity contribution in [3.8, 4) is 0 Å². The first kappa shape index (κ1) is 16.1. The minimum atomic E-state index is -0.128. The largest absolute Gasteiger partial charge is 0.355 e. The van der Waals surface area contributed by atoms with Crippen molar-refractivity contribution >= 4 is 17.5 Å². The first-order valence-corrected chi connectivity index (χ1v) is 8.45. The van der Waals surface area contributed by atoms with Crippen LogP contribution in [0.3, 0.4) is 0 Å². The maximum atomic E-state index is 12.3. The smallest absolute Gasteiger partial charge is 0.253 e. The van der Waals surface area contributed by atoms with Crippen LogP contribution in [0.4, 0.5) is 0 Å². The molecule has 0 unspecified atom stereocenters. The lowest BCUT2D eigenvalue weighted by molar-refractivity contribution is 0.0950. The number of aliphatic imine (C=N–C) groups is 1. The second-order valence-corrected chi connectivity index (χ2v) is 6.02. The highest BCUT2D eigenvalue weighted by Crippen LogP contribution is 2.07. The maximum absolute atomic E-state index is 12.3. The van der Waals surface area contributed by atoms with E-state index in [1.807, 2.05) is 24.3 Å². The predicted octanol–water partition coefficient (Wildman–Crippen LogP) is 0.708. The van der Waals surface area contributed by atoms with Crippen molar-refractivity contribution in [2.75, 3.05) is 13.1 Å². The number of benzene rings is 1. The lowest BCUT2D eigenvalue weighted by Gasteiger charge is -2.09. The summed E-state index contributed by atoms with van der Waals surface area (Å²) in [5, 5.41) is 17.1. The highest BCUT2D eigenvalue weighted by Gasteiger charge is 2.07. The van der Waals surface area contributed by atoms with E-state index in [-0.39, 0.29) is 5.91 Å². The topological polar surface area (TPSA) is 95.7 Å². The van der Waals surface area contributed by atoms with Gasteiger partial charge in [0.05, 0.1) is 12.1 Å². The van der Waals surface area contributed by atoms with Crippen LogP contribution in [-0.4, -0.2) is 39.6 Å². The number of amides is 1. The Kier molecular flexibility index (Phi) is 4.46. The SMILES string of the molecule is O=C(NCc1ccc(CNC2=NCCN2)cc1)c1ccc2nncn2c1. The Hall–Kier alpha value is -3.42. The summed E-state index contributed by atoms with van der Waals surface area (Å²) in [5.41, 5.74) is 3.49. The third kappa shape index (κ3) is 3.64. The predicted molar refractivity (Wildman–Crippen MR) is 97.7 cm³/mol. The van der Waals surface area contributed by atoms with Gasteiger partial charge in [-0.1, -0.05) is 24.3 Å². The summed E-state index contributed by atoms with van der Waals surface area (Å²) in [6.45, 7) is 2.91. The molecule has 8 nitrogen and oxygen atoms in total. The summed E-state index contributed by atoms with van der Waals surface area (Å²) in [5.74, 6) is 0.725. The van der Waals surface area contributed by atoms with Gasteiger partial charge in [0.1, 0.15) is 6.33 Å². The second-order valence-electron chi connectivity index (χ2n) is 6.02. The molecule has 3 heterocycles. The van der Waals surface area contributed by atoms with Crippen LogP contribution >= 0.6 is 0 Å². The van der Waals surface area contributed by atoms with Crippen molar-refractivity contribution in [3.05, 3.63) is 65.6 Å². The van der Waals surface area contributed by atoms with E-state index in [4.69, 9.17) is 0 Å². The van der Waals surface area contributed by atoms with E-state index in [1.165, 1.54) is 0 Å². The number of nitrogens with one attached hydrogen (secondary N) is 3. The van der Waals surface area contributed by atoms with Crippen molar-refractivity contribution in [2.45, 2.75) is 13.1 Å². The summed E-state index contributed by atoms with van der Waals surface area (Å²) in [6, 6.07) is 11.6. The number of pyridine rings is 1. The molecule has 0 spiro atoms. The van der Waals surface area contributed by atoms with Crippen LogP contribution in [0.2, 0.25) is 0 Å². The second kappa shape index (κ2) is 7.22. The van der Waals surface area contributed by atoms with Crippen LogP contribution in [0, 0.1) is 0 Å². The molecule has 1 aliphatic heterocycles. The van der Waals surface area contributed by atoms with E-state index in [1.54, 1.807) is 29.1 Å². The van der Waals surface area contributed by atoms with Crippen LogP contribution in [-0.2, 0) is 13.1 Å². The van der Waals surface area contributed by atoms with Crippen molar-refractivity contribution in [3.63, 3.8) is 0 Å². The molecule has 4 rings (SSSR count). The summed E-state index contributed by atoms with van der Waals surface area (Å²) in [7, 11) is 0. The molecule has 3 aromatic rings. The van der Waals surface area contributed by atoms with Crippen molar-refractivity contribution in [1.29, 1.82) is 0 Å². The van der Waals surface area contributed by atoms with Crippen molar-refractivity contribution in [1.82, 2.24) is 30.5 Å². The average molecular weight is 349 g/mol. The van der Waals surface area contributed by atoms with E-state index in [0.717, 1.165) is 36.7 Å². The van der Waals surface area contributed by atoms with E-state index < -0.39 is 0 Å². The molecule has 1 aromatic carbocycles. The lowest BCUT2D eigenvalue weighted by Crippen LogP contribution is -2.33. The van der Waals surface area contributed by atoms with Gasteiger partial charge in [-0.2, -0.15) is 0 Å². The average Bonchev–Trinajstić information content (AvgIpc) is 3.36. The number of fused-ring (bicyclic) bond motifs is 1. The maximum Gasteiger partial charge on any atom is 0.253 e. The molecule has 0 atom stereocenters. The molecule has 132 valence electrons. The number of hydrogen-bond acceptors (Lipinski definition) is 6. The van der Waals surface area contributed by atoms with Gasteiger partial charge < -0.3 is 16.0 Å². The number of aromatic nitrogens is 3. The van der Waals surface area contributed by atoms with Crippen LogP contribution < -0.4 is 16.0 Å². The Labute approximate surface area is 150 Å². The van der Waals surface area contributed by atoms with E-state index >= 15 is 0 Å². The standard InChI is InChI=1S/C18H19N7O/c26-17(15-5-6-16-24-23-12-25(16)11-15)21-9-13-1-3-14(4-2-13)10-22-18-19-7-8-20-18/h1-6,11-12H,7-10H2,(H,21,26)(H2,19,20,22). The molecule has 0 saturated carbocycles. The monoisotopic (exact) mass is 349 g/mol. The quantitative estimate of drug-likeness (QED) is 0.630. The first-order valence-electron chi connectivity index (χ1n) is 8.45. The number of carbonyl (C=O) groups excluding carboxylic acids is 1. The molecule has 1 amide bonds. The van der Waals surface area contributed by atoms with E-state index in [9.17, 15) is 4.79 Å². The lowest BCUT2D eigenvalue weighted by atomic mass is 10.1. The molecule has 0 aliphatic carbocycles. The molecular formula is C18H19N7O. The Morgan fingerprint density at radius 3 is 2.69 bits per heavy atom. The molecule has 1 aliphatic rings. The minimum absolute atomic E-state index is 0.128. The van der Waals surface area contributed by atoms with Gasteiger partial charge in [0.2, 0.25) is 0 Å². The zero-order valence-corrected chi connectivity index (χ0v) is 14.1. The fourth-order valence-corrected chi connectivity index (χ4v) is 2.72. The fourth-order valence-electron chi connectivity index (χ4n) is 2.72. The molecule has 0 fully saturated rings. The molecule has 0 saturated heterocycles. The number of hydrogen-bond donors (Lipinski definition) is 3. The van der Waals surface area contributed by atoms with Crippen LogP contribution in [0.5, 0.6) is 0 Å². The Balaban J connectivity index is 1.31. The van der Waals surface area contributed by atoms with Gasteiger partial charge in [-0.25, -0.2) is 0 Å². The van der Waals surface area contributed by atoms with Gasteiger partial charge in [0, 0.05) is 25.8 Å². The molecule has 8 heteroatoms. The van der Waals surface area contributed by atoms with Gasteiger partial charge in [-0.15, -0.1) is 10.2 Å². The van der Waals surface area contributed by atoms with Gasteiger partial charge in [-0.05, 0) is 23.3 Å². The first-order chi connectivity index (χ1) is 12.8. The summed E-state index contributed by atoms with van der Waals surface area (Å²) >= 11 is 0. The number of nitrogens with zero attached hydrogens (tertiary/aromatic N) is 4. The Morgan fingerprint density at radius 1 is 1.12 bits per heavy atom. The third-order valence-electron chi connectivity index (χ3n) is 4.16. The van der Waals surface area contributed by atoms with E-state index in [0.29, 0.717) is 17.8 Å². The number of rotatable bonds is 5. The molecule has 0 bridgehead atoms. The van der Waals surface area contributed by atoms with E-state index in [2.05, 4.69) is 31.1 Å². The summed E-state index contributed by atoms with van der Waals surface area (Å²) < 4.78 is 1.72. The summed E-state index contributed by atoms with van der Waals surface area (Å²) in [6.07, 6.45) is 3.30. The number of carbonyl (C=O) groups is 1. The minimum Gasteiger partial charge on any atom is -0.355 e. The van der Waals surface area contributed by atoms with Gasteiger partial charge in [-0.3, -0.25) is 14.2 Å². The molecule has 0 radical (unpaired) electrons. The fraction of sp³-hybridized carbons (Fsp3) is 0.222. The van der Waals surface area contributed by atoms with Gasteiger partial charge >= 0.3 is 0 Å². The zero-order valence-electron chi connectivity index (χ0n) is 14.1. The van der Waals surface area contributed by atoms with Crippen LogP contribution in [0.1, 0.15) is 21.5 Å². The molecule has 3 N–H and O–H groups in total. The Bertz CT molecular complexity index is 946. The highest BCUT2D eigenvalue weighted by atomic mass is 16.1. The summed E-state index contributed by atoms with van der Waals surface area (Å²) in [4.78, 5) is 16.6. The highest BCUT2D eigenvalue weighted by molar-refractivity contribution is 5.94. The van der Waals surface area contributed by atoms with Crippen LogP contribution in [0.15, 0.2) is 53.9 Å². The number of guanidine groups is 1. The Morgan fingerprint density at radius 2 is 1.92 bits per heavy atom. The van der Waals surface area contributed by atoms with Gasteiger partial charge in [0.25, 0.3) is 5.91 Å². The van der Waals surface area contributed by atoms with Crippen molar-refractivity contribution in [2.24, 2.45) is 4.99 Å². The molecule has 26 heavy (non-hydrogen) atoms. The molecular weight excluding hydrogens is 330 g/mol. The van der Waals surface area contributed by atoms with Crippen LogP contribution in [0.25, 0.3) is 5.65 Å². The van der Waals surface area contributed by atoms with Crippen molar-refractivity contribution < 1.29 is 4.79 Å². The molecule has 2 aromatic heterocycles. The normalized spacial score (nSPS) is 13.3.